The van der Waals surface area contributed by atoms with E-state index in [0.29, 0.717) is 22.4 Å². The molecule has 0 aliphatic carbocycles. The molecule has 0 bridgehead atoms. The van der Waals surface area contributed by atoms with Crippen molar-refractivity contribution < 1.29 is 4.11 Å². The molecule has 5 heteroatoms. The van der Waals surface area contributed by atoms with Crippen LogP contribution in [0.25, 0.3) is 67.2 Å². The summed E-state index contributed by atoms with van der Waals surface area (Å²) in [5.41, 5.74) is 16.9. The van der Waals surface area contributed by atoms with Crippen LogP contribution in [-0.4, -0.2) is 15.0 Å². The van der Waals surface area contributed by atoms with E-state index in [1.807, 2.05) is 79.1 Å². The Hall–Kier alpha value is -8.25. The van der Waals surface area contributed by atoms with Gasteiger partial charge in [0.05, 0.1) is 40.3 Å². The number of nitrogens with zero attached hydrogens (tertiary/aromatic N) is 5. The molecule has 0 radical (unpaired) electrons. The van der Waals surface area contributed by atoms with E-state index in [2.05, 4.69) is 118 Å². The van der Waals surface area contributed by atoms with Crippen molar-refractivity contribution in [3.05, 3.63) is 233 Å². The van der Waals surface area contributed by atoms with E-state index >= 15 is 0 Å². The first-order valence-corrected chi connectivity index (χ1v) is 21.0. The monoisotopic (exact) mass is 812 g/mol. The van der Waals surface area contributed by atoms with Crippen LogP contribution in [0.4, 0.5) is 0 Å². The summed E-state index contributed by atoms with van der Waals surface area (Å²) >= 11 is 0. The van der Waals surface area contributed by atoms with E-state index < -0.39 is 6.85 Å². The van der Waals surface area contributed by atoms with Crippen molar-refractivity contribution in [1.82, 2.24) is 15.0 Å². The number of nitriles is 2. The minimum Gasteiger partial charge on any atom is -0.256 e. The van der Waals surface area contributed by atoms with E-state index in [9.17, 15) is 10.5 Å². The van der Waals surface area contributed by atoms with E-state index in [4.69, 9.17) is 4.11 Å². The quantitative estimate of drug-likeness (QED) is 0.123. The van der Waals surface area contributed by atoms with Gasteiger partial charge in [-0.15, -0.1) is 0 Å². The second kappa shape index (κ2) is 18.6. The average molecular weight is 813 g/mol. The topological polar surface area (TPSA) is 86.2 Å². The summed E-state index contributed by atoms with van der Waals surface area (Å²) in [6.45, 7) is -2.27. The lowest BCUT2D eigenvalue weighted by atomic mass is 9.86. The molecule has 3 aromatic heterocycles. The number of aromatic nitrogens is 3. The first-order valence-electron chi connectivity index (χ1n) is 22.5. The van der Waals surface area contributed by atoms with Gasteiger partial charge < -0.3 is 0 Å². The molecular weight excluding hydrogens is 767 g/mol. The fourth-order valence-corrected chi connectivity index (χ4v) is 8.16. The van der Waals surface area contributed by atoms with Crippen LogP contribution >= 0.6 is 0 Å². The van der Waals surface area contributed by atoms with Gasteiger partial charge >= 0.3 is 0 Å². The first-order chi connectivity index (χ1) is 32.2. The molecule has 63 heavy (non-hydrogen) atoms. The number of pyridine rings is 3. The standard InChI is InChI=1S/C58H43N5/c1-40-12-27-58(63-39-40)49-25-26-54(55(36-49)51-34-45(37-59)31-46(35-51)38-60)53-9-3-2-8-52(53)50-32-43(15-13-41-17-21-47(22-18-41)56-10-4-6-28-61-56)30-44(33-50)16-14-42-19-23-48(24-20-42)57-11-5-7-29-62-57/h2-12,17-36,39H,13-16H2,1H3/i1D3. The average Bonchev–Trinajstić information content (AvgIpc) is 3.37. The van der Waals surface area contributed by atoms with Crippen molar-refractivity contribution in [2.45, 2.75) is 32.5 Å². The molecule has 3 heterocycles. The van der Waals surface area contributed by atoms with Gasteiger partial charge in [0.1, 0.15) is 0 Å². The molecule has 300 valence electrons. The molecule has 9 rings (SSSR count). The Morgan fingerprint density at radius 3 is 1.43 bits per heavy atom. The molecule has 0 aliphatic heterocycles. The Kier molecular flexibility index (Phi) is 10.8. The summed E-state index contributed by atoms with van der Waals surface area (Å²) in [6, 6.07) is 63.6. The maximum absolute atomic E-state index is 10.0. The van der Waals surface area contributed by atoms with Gasteiger partial charge in [0.25, 0.3) is 0 Å². The van der Waals surface area contributed by atoms with Gasteiger partial charge in [0.15, 0.2) is 0 Å². The zero-order chi connectivity index (χ0) is 45.5. The number of aryl methyl sites for hydroxylation is 5. The van der Waals surface area contributed by atoms with Gasteiger partial charge in [-0.2, -0.15) is 10.5 Å². The smallest absolute Gasteiger partial charge is 0.0992 e. The normalized spacial score (nSPS) is 11.7. The predicted molar refractivity (Wildman–Crippen MR) is 254 cm³/mol. The summed E-state index contributed by atoms with van der Waals surface area (Å²) in [7, 11) is 0. The second-order valence-electron chi connectivity index (χ2n) is 15.6. The van der Waals surface area contributed by atoms with Gasteiger partial charge in [-0.25, -0.2) is 0 Å². The minimum atomic E-state index is -2.27. The third-order valence-electron chi connectivity index (χ3n) is 11.4. The molecule has 0 spiro atoms. The lowest BCUT2D eigenvalue weighted by molar-refractivity contribution is 0.931. The fraction of sp³-hybridized carbons (Fsp3) is 0.0862. The van der Waals surface area contributed by atoms with Crippen LogP contribution in [0.15, 0.2) is 195 Å². The van der Waals surface area contributed by atoms with Gasteiger partial charge in [-0.05, 0) is 148 Å². The molecular formula is C58H43N5. The van der Waals surface area contributed by atoms with Crippen LogP contribution in [0, 0.1) is 29.5 Å². The molecule has 5 nitrogen and oxygen atoms in total. The largest absolute Gasteiger partial charge is 0.256 e. The maximum Gasteiger partial charge on any atom is 0.0992 e. The number of hydrogen-bond acceptors (Lipinski definition) is 5. The van der Waals surface area contributed by atoms with Crippen molar-refractivity contribution in [3.63, 3.8) is 0 Å². The zero-order valence-electron chi connectivity index (χ0n) is 37.5. The molecule has 0 amide bonds. The highest BCUT2D eigenvalue weighted by molar-refractivity contribution is 5.94. The van der Waals surface area contributed by atoms with Crippen molar-refractivity contribution in [3.8, 4) is 79.3 Å². The molecule has 9 aromatic rings. The zero-order valence-corrected chi connectivity index (χ0v) is 34.5. The van der Waals surface area contributed by atoms with Crippen molar-refractivity contribution in [2.75, 3.05) is 0 Å². The third-order valence-corrected chi connectivity index (χ3v) is 11.4. The minimum absolute atomic E-state index is 0.163. The Labute approximate surface area is 373 Å². The number of rotatable bonds is 12. The van der Waals surface area contributed by atoms with Crippen LogP contribution in [0.1, 0.15) is 43.1 Å². The van der Waals surface area contributed by atoms with Crippen LogP contribution in [0.2, 0.25) is 0 Å². The van der Waals surface area contributed by atoms with Crippen molar-refractivity contribution >= 4 is 0 Å². The molecule has 0 fully saturated rings. The van der Waals surface area contributed by atoms with Gasteiger partial charge in [0.2, 0.25) is 0 Å². The van der Waals surface area contributed by atoms with Gasteiger partial charge in [-0.1, -0.05) is 121 Å². The Morgan fingerprint density at radius 2 is 0.905 bits per heavy atom. The molecule has 0 aliphatic rings. The van der Waals surface area contributed by atoms with E-state index in [0.717, 1.165) is 81.6 Å². The fourth-order valence-electron chi connectivity index (χ4n) is 8.16. The summed E-state index contributed by atoms with van der Waals surface area (Å²) in [5, 5.41) is 20.0. The molecule has 0 N–H and O–H groups in total. The number of benzene rings is 6. The molecule has 6 aromatic carbocycles. The Bertz CT molecular complexity index is 3090. The molecule has 0 saturated carbocycles. The number of hydrogen-bond donors (Lipinski definition) is 0. The molecule has 0 saturated heterocycles. The van der Waals surface area contributed by atoms with Gasteiger partial charge in [0, 0.05) is 39.4 Å². The van der Waals surface area contributed by atoms with Crippen LogP contribution in [-0.2, 0) is 25.7 Å². The van der Waals surface area contributed by atoms with Crippen LogP contribution in [0.3, 0.4) is 0 Å². The lowest BCUT2D eigenvalue weighted by Gasteiger charge is -2.18. The van der Waals surface area contributed by atoms with E-state index in [1.165, 1.54) is 28.5 Å². The molecule has 0 atom stereocenters. The summed E-state index contributed by atoms with van der Waals surface area (Å²) in [6.07, 6.45) is 8.45. The Balaban J connectivity index is 1.10. The third kappa shape index (κ3) is 9.40. The Morgan fingerprint density at radius 1 is 0.397 bits per heavy atom. The maximum atomic E-state index is 10.0. The summed E-state index contributed by atoms with van der Waals surface area (Å²) in [5.74, 6) is 0. The second-order valence-corrected chi connectivity index (χ2v) is 15.6. The highest BCUT2D eigenvalue weighted by Gasteiger charge is 2.17. The predicted octanol–water partition coefficient (Wildman–Crippen LogP) is 13.5. The van der Waals surface area contributed by atoms with Crippen LogP contribution in [0.5, 0.6) is 0 Å². The lowest BCUT2D eigenvalue weighted by Crippen LogP contribution is -1.98. The summed E-state index contributed by atoms with van der Waals surface area (Å²) in [4.78, 5) is 13.6. The SMILES string of the molecule is [2H]C([2H])([2H])c1ccc(-c2ccc(-c3ccccc3-c3cc(CCc4ccc(-c5ccccn5)cc4)cc(CCc4ccc(-c5ccccn5)cc4)c3)c(-c3cc(C#N)cc(C#N)c3)c2)nc1. The van der Waals surface area contributed by atoms with E-state index in [1.54, 1.807) is 18.2 Å². The highest BCUT2D eigenvalue weighted by atomic mass is 14.7. The van der Waals surface area contributed by atoms with Crippen LogP contribution < -0.4 is 0 Å². The first kappa shape index (κ1) is 36.6. The highest BCUT2D eigenvalue weighted by Crippen LogP contribution is 2.41. The molecule has 0 unspecified atom stereocenters. The van der Waals surface area contributed by atoms with E-state index in [-0.39, 0.29) is 5.56 Å². The van der Waals surface area contributed by atoms with Crippen molar-refractivity contribution in [2.24, 2.45) is 0 Å². The van der Waals surface area contributed by atoms with Gasteiger partial charge in [-0.3, -0.25) is 15.0 Å². The van der Waals surface area contributed by atoms with Crippen molar-refractivity contribution in [1.29, 1.82) is 10.5 Å². The summed E-state index contributed by atoms with van der Waals surface area (Å²) < 4.78 is 23.5.